The number of aromatic nitrogens is 3. The van der Waals surface area contributed by atoms with Gasteiger partial charge in [0.2, 0.25) is 5.95 Å². The molecule has 0 saturated carbocycles. The van der Waals surface area contributed by atoms with Crippen molar-refractivity contribution in [1.82, 2.24) is 15.0 Å². The molecule has 0 atom stereocenters. The molecule has 0 amide bonds. The lowest BCUT2D eigenvalue weighted by Gasteiger charge is -2.09. The van der Waals surface area contributed by atoms with Gasteiger partial charge in [0, 0.05) is 36.4 Å². The van der Waals surface area contributed by atoms with Crippen molar-refractivity contribution >= 4 is 23.2 Å². The van der Waals surface area contributed by atoms with E-state index in [1.807, 2.05) is 24.3 Å². The van der Waals surface area contributed by atoms with Crippen LogP contribution < -0.4 is 10.6 Å². The number of benzene rings is 1. The molecule has 0 unspecified atom stereocenters. The molecule has 6 heteroatoms. The average molecular weight is 319 g/mol. The number of Topliss-reactive ketones (excluding diaryl/α,β-unsaturated/α-hetero) is 1. The molecule has 6 nitrogen and oxygen atoms in total. The molecule has 0 aliphatic carbocycles. The molecule has 0 bridgehead atoms. The Morgan fingerprint density at radius 1 is 1.12 bits per heavy atom. The van der Waals surface area contributed by atoms with Crippen LogP contribution in [0.15, 0.2) is 61.1 Å². The summed E-state index contributed by atoms with van der Waals surface area (Å²) in [6, 6.07) is 12.9. The normalized spacial score (nSPS) is 10.2. The second-order valence-corrected chi connectivity index (χ2v) is 5.24. The summed E-state index contributed by atoms with van der Waals surface area (Å²) < 4.78 is 0. The molecule has 0 spiro atoms. The zero-order chi connectivity index (χ0) is 16.8. The molecule has 0 aliphatic rings. The third kappa shape index (κ3) is 4.13. The molecule has 3 rings (SSSR count). The predicted octanol–water partition coefficient (Wildman–Crippen LogP) is 3.43. The molecule has 120 valence electrons. The van der Waals surface area contributed by atoms with E-state index in [0.717, 1.165) is 11.3 Å². The smallest absolute Gasteiger partial charge is 0.229 e. The fourth-order valence-electron chi connectivity index (χ4n) is 2.16. The molecule has 3 aromatic rings. The van der Waals surface area contributed by atoms with E-state index in [2.05, 4.69) is 25.6 Å². The Morgan fingerprint density at radius 2 is 2.04 bits per heavy atom. The minimum Gasteiger partial charge on any atom is -0.366 e. The molecular formula is C18H17N5O. The third-order valence-electron chi connectivity index (χ3n) is 3.38. The van der Waals surface area contributed by atoms with Crippen LogP contribution in [0.1, 0.15) is 22.8 Å². The summed E-state index contributed by atoms with van der Waals surface area (Å²) in [5.41, 5.74) is 2.48. The van der Waals surface area contributed by atoms with Gasteiger partial charge in [-0.2, -0.15) is 4.98 Å². The highest BCUT2D eigenvalue weighted by Crippen LogP contribution is 2.16. The molecule has 2 heterocycles. The van der Waals surface area contributed by atoms with Gasteiger partial charge in [0.1, 0.15) is 5.82 Å². The number of carbonyl (C=O) groups excluding carboxylic acids is 1. The standard InChI is InChI=1S/C18H17N5O/c1-13(24)15-5-2-6-16(10-15)22-18-20-9-7-17(23-18)21-12-14-4-3-8-19-11-14/h2-11H,12H2,1H3,(H2,20,21,22,23). The van der Waals surface area contributed by atoms with Crippen molar-refractivity contribution < 1.29 is 4.79 Å². The van der Waals surface area contributed by atoms with E-state index >= 15 is 0 Å². The van der Waals surface area contributed by atoms with Crippen LogP contribution in [0, 0.1) is 0 Å². The minimum atomic E-state index is 0.0199. The number of anilines is 3. The fourth-order valence-corrected chi connectivity index (χ4v) is 2.16. The molecule has 0 aliphatic heterocycles. The van der Waals surface area contributed by atoms with Gasteiger partial charge in [0.05, 0.1) is 0 Å². The lowest BCUT2D eigenvalue weighted by atomic mass is 10.1. The monoisotopic (exact) mass is 319 g/mol. The maximum atomic E-state index is 11.4. The van der Waals surface area contributed by atoms with Crippen LogP contribution in [0.3, 0.4) is 0 Å². The molecule has 1 aromatic carbocycles. The summed E-state index contributed by atoms with van der Waals surface area (Å²) >= 11 is 0. The molecule has 24 heavy (non-hydrogen) atoms. The number of rotatable bonds is 6. The first-order chi connectivity index (χ1) is 11.7. The van der Waals surface area contributed by atoms with Crippen molar-refractivity contribution in [3.05, 3.63) is 72.2 Å². The maximum Gasteiger partial charge on any atom is 0.229 e. The van der Waals surface area contributed by atoms with Gasteiger partial charge in [-0.05, 0) is 36.8 Å². The van der Waals surface area contributed by atoms with Gasteiger partial charge in [-0.1, -0.05) is 18.2 Å². The quantitative estimate of drug-likeness (QED) is 0.678. The number of carbonyl (C=O) groups is 1. The van der Waals surface area contributed by atoms with E-state index in [-0.39, 0.29) is 5.78 Å². The summed E-state index contributed by atoms with van der Waals surface area (Å²) in [5.74, 6) is 1.19. The van der Waals surface area contributed by atoms with E-state index in [0.29, 0.717) is 23.9 Å². The first-order valence-electron chi connectivity index (χ1n) is 7.54. The Balaban J connectivity index is 1.69. The molecule has 2 aromatic heterocycles. The Labute approximate surface area is 140 Å². The Morgan fingerprint density at radius 3 is 2.83 bits per heavy atom. The zero-order valence-electron chi connectivity index (χ0n) is 13.2. The van der Waals surface area contributed by atoms with E-state index in [1.165, 1.54) is 0 Å². The van der Waals surface area contributed by atoms with Crippen molar-refractivity contribution in [2.75, 3.05) is 10.6 Å². The van der Waals surface area contributed by atoms with Gasteiger partial charge in [0.15, 0.2) is 5.78 Å². The van der Waals surface area contributed by atoms with Gasteiger partial charge in [-0.15, -0.1) is 0 Å². The second-order valence-electron chi connectivity index (χ2n) is 5.24. The number of nitrogens with one attached hydrogen (secondary N) is 2. The summed E-state index contributed by atoms with van der Waals surface area (Å²) in [5, 5.41) is 6.34. The summed E-state index contributed by atoms with van der Waals surface area (Å²) in [6.45, 7) is 2.17. The van der Waals surface area contributed by atoms with Crippen LogP contribution in [0.25, 0.3) is 0 Å². The molecule has 0 fully saturated rings. The van der Waals surface area contributed by atoms with Gasteiger partial charge < -0.3 is 10.6 Å². The van der Waals surface area contributed by atoms with E-state index in [1.54, 1.807) is 43.7 Å². The topological polar surface area (TPSA) is 79.8 Å². The SMILES string of the molecule is CC(=O)c1cccc(Nc2nccc(NCc3cccnc3)n2)c1. The number of hydrogen-bond donors (Lipinski definition) is 2. The Kier molecular flexibility index (Phi) is 4.76. The summed E-state index contributed by atoms with van der Waals surface area (Å²) in [7, 11) is 0. The van der Waals surface area contributed by atoms with Crippen LogP contribution in [0.4, 0.5) is 17.5 Å². The van der Waals surface area contributed by atoms with Crippen molar-refractivity contribution in [3.8, 4) is 0 Å². The Hall–Kier alpha value is -3.28. The van der Waals surface area contributed by atoms with Crippen molar-refractivity contribution in [3.63, 3.8) is 0 Å². The first kappa shape index (κ1) is 15.6. The lowest BCUT2D eigenvalue weighted by molar-refractivity contribution is 0.101. The van der Waals surface area contributed by atoms with Gasteiger partial charge >= 0.3 is 0 Å². The summed E-state index contributed by atoms with van der Waals surface area (Å²) in [6.07, 6.45) is 5.22. The lowest BCUT2D eigenvalue weighted by Crippen LogP contribution is -2.04. The Bertz CT molecular complexity index is 836. The van der Waals surface area contributed by atoms with Crippen LogP contribution in [-0.2, 0) is 6.54 Å². The van der Waals surface area contributed by atoms with Crippen LogP contribution in [-0.4, -0.2) is 20.7 Å². The highest BCUT2D eigenvalue weighted by molar-refractivity contribution is 5.95. The van der Waals surface area contributed by atoms with Gasteiger partial charge in [0.25, 0.3) is 0 Å². The first-order valence-corrected chi connectivity index (χ1v) is 7.54. The minimum absolute atomic E-state index is 0.0199. The van der Waals surface area contributed by atoms with E-state index in [4.69, 9.17) is 0 Å². The maximum absolute atomic E-state index is 11.4. The molecule has 0 radical (unpaired) electrons. The van der Waals surface area contributed by atoms with Crippen molar-refractivity contribution in [2.45, 2.75) is 13.5 Å². The second kappa shape index (κ2) is 7.32. The number of pyridine rings is 1. The zero-order valence-corrected chi connectivity index (χ0v) is 13.2. The fraction of sp³-hybridized carbons (Fsp3) is 0.111. The van der Waals surface area contributed by atoms with E-state index in [9.17, 15) is 4.79 Å². The largest absolute Gasteiger partial charge is 0.366 e. The van der Waals surface area contributed by atoms with Crippen LogP contribution in [0.2, 0.25) is 0 Å². The van der Waals surface area contributed by atoms with E-state index < -0.39 is 0 Å². The summed E-state index contributed by atoms with van der Waals surface area (Å²) in [4.78, 5) is 24.2. The van der Waals surface area contributed by atoms with Gasteiger partial charge in [-0.3, -0.25) is 9.78 Å². The molecule has 2 N–H and O–H groups in total. The highest BCUT2D eigenvalue weighted by atomic mass is 16.1. The number of nitrogens with zero attached hydrogens (tertiary/aromatic N) is 3. The highest BCUT2D eigenvalue weighted by Gasteiger charge is 2.03. The molecular weight excluding hydrogens is 302 g/mol. The van der Waals surface area contributed by atoms with Gasteiger partial charge in [-0.25, -0.2) is 4.98 Å². The van der Waals surface area contributed by atoms with Crippen molar-refractivity contribution in [1.29, 1.82) is 0 Å². The predicted molar refractivity (Wildman–Crippen MR) is 93.3 cm³/mol. The average Bonchev–Trinajstić information content (AvgIpc) is 2.61. The molecule has 0 saturated heterocycles. The van der Waals surface area contributed by atoms with Crippen molar-refractivity contribution in [2.24, 2.45) is 0 Å². The third-order valence-corrected chi connectivity index (χ3v) is 3.38. The van der Waals surface area contributed by atoms with Crippen LogP contribution in [0.5, 0.6) is 0 Å². The number of hydrogen-bond acceptors (Lipinski definition) is 6. The number of ketones is 1. The van der Waals surface area contributed by atoms with Crippen LogP contribution >= 0.6 is 0 Å².